The Kier molecular flexibility index (Phi) is 2.69. The fraction of sp³-hybridized carbons (Fsp3) is 0.375. The molecule has 7 nitrogen and oxygen atoms in total. The van der Waals surface area contributed by atoms with Crippen LogP contribution in [0.4, 0.5) is 0 Å². The van der Waals surface area contributed by atoms with Crippen molar-refractivity contribution in [3.05, 3.63) is 17.7 Å². The minimum absolute atomic E-state index is 0.0613. The molecule has 1 rings (SSSR count). The fourth-order valence-electron chi connectivity index (χ4n) is 1.46. The van der Waals surface area contributed by atoms with Crippen LogP contribution in [0.5, 0.6) is 0 Å². The molecule has 0 heterocycles. The molecule has 0 saturated heterocycles. The molecule has 0 bridgehead atoms. The molecule has 15 heavy (non-hydrogen) atoms. The minimum Gasteiger partial charge on any atom is -0.387 e. The van der Waals surface area contributed by atoms with E-state index in [9.17, 15) is 0 Å². The molecular weight excluding hydrogens is 194 g/mol. The normalized spacial score (nSPS) is 29.7. The van der Waals surface area contributed by atoms with Gasteiger partial charge in [0.15, 0.2) is 0 Å². The molecule has 0 aliphatic heterocycles. The topological polar surface area (TPSA) is 162 Å². The first kappa shape index (κ1) is 11.1. The molecule has 1 aliphatic carbocycles. The maximum atomic E-state index is 8.71. The molecule has 1 atom stereocenters. The van der Waals surface area contributed by atoms with E-state index in [0.29, 0.717) is 0 Å². The lowest BCUT2D eigenvalue weighted by molar-refractivity contribution is -0.0131. The highest BCUT2D eigenvalue weighted by Gasteiger charge is 2.43. The molecule has 1 unspecified atom stereocenters. The molecule has 0 radical (unpaired) electrons. The van der Waals surface area contributed by atoms with Crippen LogP contribution >= 0.6 is 0 Å². The Morgan fingerprint density at radius 3 is 2.40 bits per heavy atom. The Hall–Kier alpha value is -1.98. The number of nitrogens with zero attached hydrogens (tertiary/aromatic N) is 2. The van der Waals surface area contributed by atoms with Gasteiger partial charge in [0.05, 0.1) is 6.42 Å². The van der Waals surface area contributed by atoms with E-state index < -0.39 is 11.5 Å². The molecule has 80 valence electrons. The average Bonchev–Trinajstić information content (AvgIpc) is 2.18. The van der Waals surface area contributed by atoms with E-state index in [-0.39, 0.29) is 23.8 Å². The summed E-state index contributed by atoms with van der Waals surface area (Å²) in [7, 11) is 0. The third-order valence-corrected chi connectivity index (χ3v) is 2.52. The van der Waals surface area contributed by atoms with E-state index in [1.807, 2.05) is 0 Å². The first-order valence-corrected chi connectivity index (χ1v) is 4.29. The monoisotopic (exact) mass is 207 g/mol. The van der Waals surface area contributed by atoms with Crippen LogP contribution in [0.25, 0.3) is 5.53 Å². The zero-order valence-electron chi connectivity index (χ0n) is 8.07. The van der Waals surface area contributed by atoms with E-state index in [0.717, 1.165) is 0 Å². The molecule has 0 saturated carbocycles. The second-order valence-electron chi connectivity index (χ2n) is 3.45. The van der Waals surface area contributed by atoms with Gasteiger partial charge in [-0.1, -0.05) is 12.2 Å². The molecule has 0 amide bonds. The van der Waals surface area contributed by atoms with Gasteiger partial charge in [-0.25, -0.2) is 0 Å². The molecular formula is C8H13N7. The van der Waals surface area contributed by atoms with Crippen LogP contribution in [0.15, 0.2) is 12.2 Å². The molecule has 8 N–H and O–H groups in total. The number of nitrogens with two attached hydrogens (primary N) is 3. The standard InChI is InChI=1S/C8H13N7/c9-4-1-2-8(6(10)11,7(12)13)3-5(4)15-14/h1-2,4H,3,9H2,(H3,10,11)(H3,12,13). The fourth-order valence-corrected chi connectivity index (χ4v) is 1.46. The first-order valence-electron chi connectivity index (χ1n) is 4.29. The summed E-state index contributed by atoms with van der Waals surface area (Å²) in [5.41, 5.74) is 24.2. The second-order valence-corrected chi connectivity index (χ2v) is 3.45. The minimum atomic E-state index is -1.20. The summed E-state index contributed by atoms with van der Waals surface area (Å²) in [5.74, 6) is -0.529. The van der Waals surface area contributed by atoms with E-state index in [2.05, 4.69) is 4.79 Å². The lowest BCUT2D eigenvalue weighted by Crippen LogP contribution is -2.51. The van der Waals surface area contributed by atoms with E-state index >= 15 is 0 Å². The van der Waals surface area contributed by atoms with Crippen molar-refractivity contribution in [3.63, 3.8) is 0 Å². The van der Waals surface area contributed by atoms with Crippen LogP contribution in [-0.4, -0.2) is 28.2 Å². The van der Waals surface area contributed by atoms with E-state index in [4.69, 9.17) is 33.6 Å². The lowest BCUT2D eigenvalue weighted by atomic mass is 9.75. The van der Waals surface area contributed by atoms with Gasteiger partial charge in [0, 0.05) is 0 Å². The number of amidine groups is 2. The Morgan fingerprint density at radius 1 is 1.47 bits per heavy atom. The van der Waals surface area contributed by atoms with Crippen molar-refractivity contribution < 1.29 is 4.79 Å². The van der Waals surface area contributed by atoms with Crippen LogP contribution < -0.4 is 17.2 Å². The zero-order valence-corrected chi connectivity index (χ0v) is 8.07. The van der Waals surface area contributed by atoms with Crippen molar-refractivity contribution in [1.29, 1.82) is 10.8 Å². The SMILES string of the molecule is [N-]=[N+]=C1CC(C(=N)N)(C(=N)N)C=CC1N. The summed E-state index contributed by atoms with van der Waals surface area (Å²) in [4.78, 5) is 3.02. The molecule has 0 fully saturated rings. The van der Waals surface area contributed by atoms with Gasteiger partial charge in [0.2, 0.25) is 0 Å². The van der Waals surface area contributed by atoms with Crippen molar-refractivity contribution in [2.24, 2.45) is 22.6 Å². The van der Waals surface area contributed by atoms with Crippen molar-refractivity contribution in [1.82, 2.24) is 0 Å². The summed E-state index contributed by atoms with van der Waals surface area (Å²) in [6.07, 6.45) is 3.09. The van der Waals surface area contributed by atoms with Crippen molar-refractivity contribution in [3.8, 4) is 0 Å². The summed E-state index contributed by atoms with van der Waals surface area (Å²) in [6, 6.07) is -0.526. The summed E-state index contributed by atoms with van der Waals surface area (Å²) < 4.78 is 0. The summed E-state index contributed by atoms with van der Waals surface area (Å²) in [5, 5.41) is 14.9. The van der Waals surface area contributed by atoms with Gasteiger partial charge in [-0.3, -0.25) is 10.8 Å². The first-order chi connectivity index (χ1) is 6.94. The van der Waals surface area contributed by atoms with Gasteiger partial charge in [-0.05, 0) is 0 Å². The summed E-state index contributed by atoms with van der Waals surface area (Å²) >= 11 is 0. The van der Waals surface area contributed by atoms with E-state index in [1.54, 1.807) is 0 Å². The molecule has 0 aromatic heterocycles. The number of nitrogens with one attached hydrogen (secondary N) is 2. The number of hydrogen-bond acceptors (Lipinski definition) is 3. The molecule has 1 aliphatic rings. The predicted octanol–water partition coefficient (Wildman–Crippen LogP) is -1.20. The molecule has 0 aromatic rings. The Morgan fingerprint density at radius 2 is 2.00 bits per heavy atom. The van der Waals surface area contributed by atoms with Gasteiger partial charge >= 0.3 is 0 Å². The predicted molar refractivity (Wildman–Crippen MR) is 56.6 cm³/mol. The number of hydrogen-bond donors (Lipinski definition) is 5. The van der Waals surface area contributed by atoms with Crippen LogP contribution in [0.3, 0.4) is 0 Å². The van der Waals surface area contributed by atoms with Crippen molar-refractivity contribution in [2.75, 3.05) is 0 Å². The smallest absolute Gasteiger partial charge is 0.291 e. The van der Waals surface area contributed by atoms with E-state index in [1.165, 1.54) is 12.2 Å². The van der Waals surface area contributed by atoms with Gasteiger partial charge in [0.1, 0.15) is 23.1 Å². The molecule has 7 heteroatoms. The van der Waals surface area contributed by atoms with Gasteiger partial charge in [0.25, 0.3) is 5.71 Å². The quantitative estimate of drug-likeness (QED) is 0.126. The van der Waals surface area contributed by atoms with Gasteiger partial charge in [-0.2, -0.15) is 4.79 Å². The Balaban J connectivity index is 3.26. The van der Waals surface area contributed by atoms with Crippen LogP contribution in [-0.2, 0) is 0 Å². The average molecular weight is 207 g/mol. The highest BCUT2D eigenvalue weighted by atomic mass is 14.9. The highest BCUT2D eigenvalue weighted by Crippen LogP contribution is 2.28. The third-order valence-electron chi connectivity index (χ3n) is 2.52. The highest BCUT2D eigenvalue weighted by molar-refractivity contribution is 6.12. The van der Waals surface area contributed by atoms with Crippen molar-refractivity contribution in [2.45, 2.75) is 12.5 Å². The Bertz CT molecular complexity index is 374. The largest absolute Gasteiger partial charge is 0.387 e. The van der Waals surface area contributed by atoms with Crippen LogP contribution in [0.2, 0.25) is 0 Å². The maximum absolute atomic E-state index is 8.71. The number of rotatable bonds is 2. The molecule has 0 spiro atoms. The summed E-state index contributed by atoms with van der Waals surface area (Å²) in [6.45, 7) is 0. The van der Waals surface area contributed by atoms with Crippen LogP contribution in [0.1, 0.15) is 6.42 Å². The molecule has 0 aromatic carbocycles. The van der Waals surface area contributed by atoms with Crippen molar-refractivity contribution >= 4 is 17.4 Å². The lowest BCUT2D eigenvalue weighted by Gasteiger charge is -2.29. The second kappa shape index (κ2) is 3.64. The maximum Gasteiger partial charge on any atom is 0.291 e. The van der Waals surface area contributed by atoms with Gasteiger partial charge in [-0.15, -0.1) is 0 Å². The zero-order chi connectivity index (χ0) is 11.6. The Labute approximate surface area is 86.6 Å². The third kappa shape index (κ3) is 1.65. The van der Waals surface area contributed by atoms with Crippen LogP contribution in [0, 0.1) is 16.2 Å². The van der Waals surface area contributed by atoms with Gasteiger partial charge < -0.3 is 22.7 Å².